The van der Waals surface area contributed by atoms with Crippen LogP contribution >= 0.6 is 15.9 Å². The van der Waals surface area contributed by atoms with Gasteiger partial charge in [-0.1, -0.05) is 60.7 Å². The number of nitro benzene ring substituents is 1. The van der Waals surface area contributed by atoms with Crippen LogP contribution < -0.4 is 0 Å². The van der Waals surface area contributed by atoms with Gasteiger partial charge in [-0.05, 0) is 40.9 Å². The predicted octanol–water partition coefficient (Wildman–Crippen LogP) is 6.25. The lowest BCUT2D eigenvalue weighted by Crippen LogP contribution is -2.03. The van der Waals surface area contributed by atoms with Crippen LogP contribution in [0.4, 0.5) is 5.69 Å². The quantitative estimate of drug-likeness (QED) is 0.282. The third kappa shape index (κ3) is 2.96. The Morgan fingerprint density at radius 3 is 1.71 bits per heavy atom. The van der Waals surface area contributed by atoms with Crippen LogP contribution in [0.3, 0.4) is 0 Å². The zero-order valence-electron chi connectivity index (χ0n) is 15.3. The van der Waals surface area contributed by atoms with E-state index in [1.54, 1.807) is 0 Å². The van der Waals surface area contributed by atoms with Gasteiger partial charge in [-0.15, -0.1) is 0 Å². The second-order valence-corrected chi connectivity index (χ2v) is 7.31. The highest BCUT2D eigenvalue weighted by Gasteiger charge is 2.26. The summed E-state index contributed by atoms with van der Waals surface area (Å²) >= 11 is 3.39. The van der Waals surface area contributed by atoms with E-state index in [1.807, 2.05) is 74.5 Å². The topological polar surface area (TPSA) is 68.9 Å². The van der Waals surface area contributed by atoms with Gasteiger partial charge in [0.2, 0.25) is 0 Å². The van der Waals surface area contributed by atoms with Gasteiger partial charge in [-0.3, -0.25) is 10.1 Å². The second kappa shape index (κ2) is 7.13. The lowest BCUT2D eigenvalue weighted by atomic mass is 10.0. The summed E-state index contributed by atoms with van der Waals surface area (Å²) in [4.78, 5) is 21.1. The monoisotopic (exact) mass is 433 g/mol. The first-order chi connectivity index (χ1) is 13.5. The van der Waals surface area contributed by atoms with Crippen molar-refractivity contribution in [1.29, 1.82) is 0 Å². The average Bonchev–Trinajstić information content (AvgIpc) is 2.72. The fourth-order valence-electron chi connectivity index (χ4n) is 3.25. The Balaban J connectivity index is 2.18. The molecule has 0 N–H and O–H groups in total. The molecule has 4 aromatic rings. The number of hydrogen-bond acceptors (Lipinski definition) is 4. The molecule has 0 bridgehead atoms. The van der Waals surface area contributed by atoms with E-state index >= 15 is 0 Å². The van der Waals surface area contributed by atoms with Gasteiger partial charge >= 0.3 is 5.69 Å². The van der Waals surface area contributed by atoms with Crippen molar-refractivity contribution in [3.8, 4) is 22.5 Å². The van der Waals surface area contributed by atoms with Gasteiger partial charge in [0, 0.05) is 11.1 Å². The van der Waals surface area contributed by atoms with Gasteiger partial charge in [0.05, 0.1) is 21.8 Å². The second-order valence-electron chi connectivity index (χ2n) is 6.52. The molecular weight excluding hydrogens is 418 g/mol. The maximum Gasteiger partial charge on any atom is 0.311 e. The number of nitro groups is 1. The molecule has 0 unspecified atom stereocenters. The summed E-state index contributed by atoms with van der Waals surface area (Å²) < 4.78 is 0.447. The highest BCUT2D eigenvalue weighted by atomic mass is 79.9. The van der Waals surface area contributed by atoms with Gasteiger partial charge in [0.15, 0.2) is 5.52 Å². The highest BCUT2D eigenvalue weighted by molar-refractivity contribution is 9.10. The average molecular weight is 434 g/mol. The normalized spacial score (nSPS) is 11.0. The fourth-order valence-corrected chi connectivity index (χ4v) is 3.88. The molecule has 0 saturated heterocycles. The summed E-state index contributed by atoms with van der Waals surface area (Å²) in [6, 6.07) is 19.4. The zero-order valence-corrected chi connectivity index (χ0v) is 16.9. The number of hydrogen-bond donors (Lipinski definition) is 0. The maximum absolute atomic E-state index is 11.8. The molecule has 0 amide bonds. The lowest BCUT2D eigenvalue weighted by Gasteiger charge is -2.14. The number of nitrogens with zero attached hydrogens (tertiary/aromatic N) is 3. The first kappa shape index (κ1) is 18.3. The molecule has 0 spiro atoms. The minimum absolute atomic E-state index is 0.0533. The number of halogens is 1. The van der Waals surface area contributed by atoms with Crippen LogP contribution in [0.5, 0.6) is 0 Å². The van der Waals surface area contributed by atoms with Crippen LogP contribution in [0.2, 0.25) is 0 Å². The smallest absolute Gasteiger partial charge is 0.258 e. The Hall–Kier alpha value is -3.12. The molecular formula is C22H16BrN3O2. The van der Waals surface area contributed by atoms with E-state index in [0.717, 1.165) is 22.3 Å². The Bertz CT molecular complexity index is 1210. The minimum atomic E-state index is -0.398. The van der Waals surface area contributed by atoms with Gasteiger partial charge in [-0.25, -0.2) is 9.97 Å². The SMILES string of the molecule is Cc1c(Br)c([N+](=O)[O-])c2nc(-c3ccccc3)c(-c3ccccc3)nc2c1C. The van der Waals surface area contributed by atoms with Gasteiger partial charge < -0.3 is 0 Å². The third-order valence-corrected chi connectivity index (χ3v) is 5.82. The van der Waals surface area contributed by atoms with Crippen LogP contribution in [-0.4, -0.2) is 14.9 Å². The molecule has 0 saturated carbocycles. The molecule has 3 aromatic carbocycles. The van der Waals surface area contributed by atoms with E-state index in [2.05, 4.69) is 15.9 Å². The van der Waals surface area contributed by atoms with Crippen molar-refractivity contribution in [3.05, 3.63) is 86.4 Å². The predicted molar refractivity (Wildman–Crippen MR) is 114 cm³/mol. The number of aryl methyl sites for hydroxylation is 1. The Labute approximate surface area is 170 Å². The summed E-state index contributed by atoms with van der Waals surface area (Å²) in [5, 5.41) is 11.8. The summed E-state index contributed by atoms with van der Waals surface area (Å²) in [6.45, 7) is 3.76. The third-order valence-electron chi connectivity index (χ3n) is 4.85. The van der Waals surface area contributed by atoms with Crippen molar-refractivity contribution in [3.63, 3.8) is 0 Å². The minimum Gasteiger partial charge on any atom is -0.258 e. The van der Waals surface area contributed by atoms with Crippen LogP contribution in [0.15, 0.2) is 65.1 Å². The molecule has 138 valence electrons. The van der Waals surface area contributed by atoms with Gasteiger partial charge in [0.25, 0.3) is 0 Å². The van der Waals surface area contributed by atoms with Gasteiger partial charge in [-0.2, -0.15) is 0 Å². The number of rotatable bonds is 3. The van der Waals surface area contributed by atoms with Gasteiger partial charge in [0.1, 0.15) is 4.47 Å². The number of aromatic nitrogens is 2. The van der Waals surface area contributed by atoms with E-state index in [1.165, 1.54) is 0 Å². The van der Waals surface area contributed by atoms with E-state index in [4.69, 9.17) is 9.97 Å². The molecule has 5 nitrogen and oxygen atoms in total. The molecule has 0 aliphatic heterocycles. The van der Waals surface area contributed by atoms with Crippen molar-refractivity contribution in [2.75, 3.05) is 0 Å². The Morgan fingerprint density at radius 2 is 1.25 bits per heavy atom. The van der Waals surface area contributed by atoms with E-state index in [9.17, 15) is 10.1 Å². The summed E-state index contributed by atoms with van der Waals surface area (Å²) in [5.41, 5.74) is 5.55. The van der Waals surface area contributed by atoms with Crippen LogP contribution in [0.25, 0.3) is 33.5 Å². The fraction of sp³-hybridized carbons (Fsp3) is 0.0909. The molecule has 0 aliphatic carbocycles. The summed E-state index contributed by atoms with van der Waals surface area (Å²) in [5.74, 6) is 0. The van der Waals surface area contributed by atoms with Crippen LogP contribution in [0.1, 0.15) is 11.1 Å². The Morgan fingerprint density at radius 1 is 0.786 bits per heavy atom. The first-order valence-corrected chi connectivity index (χ1v) is 9.54. The highest BCUT2D eigenvalue weighted by Crippen LogP contribution is 2.40. The lowest BCUT2D eigenvalue weighted by molar-refractivity contribution is -0.384. The molecule has 0 aliphatic rings. The molecule has 4 rings (SSSR count). The summed E-state index contributed by atoms with van der Waals surface area (Å²) in [7, 11) is 0. The molecule has 28 heavy (non-hydrogen) atoms. The largest absolute Gasteiger partial charge is 0.311 e. The molecule has 0 fully saturated rings. The molecule has 6 heteroatoms. The molecule has 1 heterocycles. The Kier molecular flexibility index (Phi) is 4.65. The molecule has 1 aromatic heterocycles. The number of fused-ring (bicyclic) bond motifs is 1. The molecule has 0 radical (unpaired) electrons. The van der Waals surface area contributed by atoms with Crippen molar-refractivity contribution in [2.24, 2.45) is 0 Å². The summed E-state index contributed by atoms with van der Waals surface area (Å²) in [6.07, 6.45) is 0. The zero-order chi connectivity index (χ0) is 19.8. The van der Waals surface area contributed by atoms with Crippen molar-refractivity contribution >= 4 is 32.7 Å². The van der Waals surface area contributed by atoms with Crippen LogP contribution in [0, 0.1) is 24.0 Å². The van der Waals surface area contributed by atoms with Crippen molar-refractivity contribution < 1.29 is 4.92 Å². The van der Waals surface area contributed by atoms with Crippen molar-refractivity contribution in [2.45, 2.75) is 13.8 Å². The molecule has 0 atom stereocenters. The van der Waals surface area contributed by atoms with E-state index < -0.39 is 4.92 Å². The van der Waals surface area contributed by atoms with E-state index in [-0.39, 0.29) is 5.69 Å². The van der Waals surface area contributed by atoms with Crippen molar-refractivity contribution in [1.82, 2.24) is 9.97 Å². The first-order valence-electron chi connectivity index (χ1n) is 8.74. The van der Waals surface area contributed by atoms with Crippen LogP contribution in [-0.2, 0) is 0 Å². The maximum atomic E-state index is 11.8. The van der Waals surface area contributed by atoms with E-state index in [0.29, 0.717) is 26.9 Å². The standard InChI is InChI=1S/C22H16BrN3O2/c1-13-14(2)18-21(22(17(13)23)26(27)28)25-20(16-11-7-4-8-12-16)19(24-18)15-9-5-3-6-10-15/h3-12H,1-2H3. The number of benzene rings is 3.